The summed E-state index contributed by atoms with van der Waals surface area (Å²) in [6.07, 6.45) is 1.09. The van der Waals surface area contributed by atoms with Crippen LogP contribution in [0.25, 0.3) is 11.3 Å². The average molecular weight is 258 g/mol. The van der Waals surface area contributed by atoms with Gasteiger partial charge in [-0.25, -0.2) is 4.98 Å². The van der Waals surface area contributed by atoms with Gasteiger partial charge in [-0.15, -0.1) is 11.3 Å². The Morgan fingerprint density at radius 3 is 2.89 bits per heavy atom. The van der Waals surface area contributed by atoms with Gasteiger partial charge in [-0.3, -0.25) is 0 Å². The van der Waals surface area contributed by atoms with Gasteiger partial charge in [0.25, 0.3) is 0 Å². The van der Waals surface area contributed by atoms with Crippen molar-refractivity contribution >= 4 is 16.5 Å². The number of aromatic nitrogens is 1. The van der Waals surface area contributed by atoms with Gasteiger partial charge in [0.2, 0.25) is 0 Å². The van der Waals surface area contributed by atoms with Crippen molar-refractivity contribution < 1.29 is 0 Å². The molecule has 3 rings (SSSR count). The SMILES string of the molecule is CCNc1nc2c(s1)CC(C)(C)c1ccccc1-2. The number of nitrogens with one attached hydrogen (secondary N) is 1. The molecule has 0 unspecified atom stereocenters. The van der Waals surface area contributed by atoms with Crippen molar-refractivity contribution in [1.29, 1.82) is 0 Å². The highest BCUT2D eigenvalue weighted by Gasteiger charge is 2.32. The maximum absolute atomic E-state index is 4.75. The molecule has 0 spiro atoms. The number of hydrogen-bond acceptors (Lipinski definition) is 3. The summed E-state index contributed by atoms with van der Waals surface area (Å²) in [5.41, 5.74) is 4.13. The van der Waals surface area contributed by atoms with Crippen molar-refractivity contribution in [2.75, 3.05) is 11.9 Å². The molecule has 2 aromatic rings. The van der Waals surface area contributed by atoms with Gasteiger partial charge in [0.1, 0.15) is 0 Å². The Bertz CT molecular complexity index is 584. The van der Waals surface area contributed by atoms with Crippen LogP contribution in [-0.2, 0) is 11.8 Å². The number of hydrogen-bond donors (Lipinski definition) is 1. The fourth-order valence-corrected chi connectivity index (χ4v) is 3.96. The molecule has 18 heavy (non-hydrogen) atoms. The highest BCUT2D eigenvalue weighted by Crippen LogP contribution is 2.45. The minimum atomic E-state index is 0.208. The van der Waals surface area contributed by atoms with Crippen LogP contribution in [-0.4, -0.2) is 11.5 Å². The van der Waals surface area contributed by atoms with Crippen LogP contribution in [0.2, 0.25) is 0 Å². The van der Waals surface area contributed by atoms with Crippen LogP contribution in [0.4, 0.5) is 5.13 Å². The van der Waals surface area contributed by atoms with Crippen molar-refractivity contribution in [2.45, 2.75) is 32.6 Å². The first-order valence-corrected chi connectivity index (χ1v) is 7.27. The van der Waals surface area contributed by atoms with Crippen molar-refractivity contribution in [3.05, 3.63) is 34.7 Å². The van der Waals surface area contributed by atoms with E-state index in [0.29, 0.717) is 0 Å². The Kier molecular flexibility index (Phi) is 2.67. The molecule has 0 fully saturated rings. The molecule has 0 saturated carbocycles. The molecule has 94 valence electrons. The van der Waals surface area contributed by atoms with Crippen molar-refractivity contribution in [1.82, 2.24) is 4.98 Å². The van der Waals surface area contributed by atoms with Crippen LogP contribution in [0.1, 0.15) is 31.2 Å². The number of thiazole rings is 1. The molecule has 1 aromatic heterocycles. The Balaban J connectivity index is 2.17. The van der Waals surface area contributed by atoms with Gasteiger partial charge in [-0.2, -0.15) is 0 Å². The number of rotatable bonds is 2. The predicted molar refractivity (Wildman–Crippen MR) is 78.4 cm³/mol. The van der Waals surface area contributed by atoms with Gasteiger partial charge in [-0.1, -0.05) is 38.1 Å². The van der Waals surface area contributed by atoms with E-state index in [1.54, 1.807) is 11.3 Å². The van der Waals surface area contributed by atoms with E-state index < -0.39 is 0 Å². The predicted octanol–water partition coefficient (Wildman–Crippen LogP) is 4.08. The molecule has 1 aliphatic carbocycles. The highest BCUT2D eigenvalue weighted by molar-refractivity contribution is 7.16. The largest absolute Gasteiger partial charge is 0.362 e. The van der Waals surface area contributed by atoms with Gasteiger partial charge in [0.15, 0.2) is 5.13 Å². The summed E-state index contributed by atoms with van der Waals surface area (Å²) in [7, 11) is 0. The first-order chi connectivity index (χ1) is 8.62. The van der Waals surface area contributed by atoms with E-state index >= 15 is 0 Å². The third kappa shape index (κ3) is 1.74. The van der Waals surface area contributed by atoms with Crippen LogP contribution in [0, 0.1) is 0 Å². The normalized spacial score (nSPS) is 15.9. The lowest BCUT2D eigenvalue weighted by Gasteiger charge is -2.31. The summed E-state index contributed by atoms with van der Waals surface area (Å²) < 4.78 is 0. The Morgan fingerprint density at radius 2 is 2.11 bits per heavy atom. The number of fused-ring (bicyclic) bond motifs is 3. The second-order valence-corrected chi connectivity index (χ2v) is 6.51. The number of nitrogens with zero attached hydrogens (tertiary/aromatic N) is 1. The standard InChI is InChI=1S/C15H18N2S/c1-4-16-14-17-13-10-7-5-6-8-11(10)15(2,3)9-12(13)18-14/h5-8H,4,9H2,1-3H3,(H,16,17). The third-order valence-corrected chi connectivity index (χ3v) is 4.55. The lowest BCUT2D eigenvalue weighted by molar-refractivity contribution is 0.521. The summed E-state index contributed by atoms with van der Waals surface area (Å²) in [4.78, 5) is 6.17. The molecule has 0 atom stereocenters. The third-order valence-electron chi connectivity index (χ3n) is 3.54. The molecular formula is C15H18N2S. The summed E-state index contributed by atoms with van der Waals surface area (Å²) >= 11 is 1.80. The molecule has 0 bridgehead atoms. The molecule has 0 amide bonds. The number of benzene rings is 1. The zero-order chi connectivity index (χ0) is 12.8. The van der Waals surface area contributed by atoms with Crippen LogP contribution in [0.5, 0.6) is 0 Å². The van der Waals surface area contributed by atoms with Crippen molar-refractivity contribution in [3.63, 3.8) is 0 Å². The minimum Gasteiger partial charge on any atom is -0.362 e. The maximum Gasteiger partial charge on any atom is 0.183 e. The molecule has 1 heterocycles. The minimum absolute atomic E-state index is 0.208. The molecule has 0 saturated heterocycles. The zero-order valence-corrected chi connectivity index (χ0v) is 11.9. The van der Waals surface area contributed by atoms with E-state index in [9.17, 15) is 0 Å². The zero-order valence-electron chi connectivity index (χ0n) is 11.1. The lowest BCUT2D eigenvalue weighted by Crippen LogP contribution is -2.24. The van der Waals surface area contributed by atoms with Gasteiger partial charge in [-0.05, 0) is 24.3 Å². The fraction of sp³-hybridized carbons (Fsp3) is 0.400. The summed E-state index contributed by atoms with van der Waals surface area (Å²) in [5.74, 6) is 0. The van der Waals surface area contributed by atoms with Crippen LogP contribution in [0.3, 0.4) is 0 Å². The fourth-order valence-electron chi connectivity index (χ4n) is 2.69. The second kappa shape index (κ2) is 4.09. The van der Waals surface area contributed by atoms with Gasteiger partial charge >= 0.3 is 0 Å². The van der Waals surface area contributed by atoms with E-state index in [4.69, 9.17) is 4.98 Å². The van der Waals surface area contributed by atoms with Gasteiger partial charge < -0.3 is 5.32 Å². The van der Waals surface area contributed by atoms with Crippen LogP contribution in [0.15, 0.2) is 24.3 Å². The van der Waals surface area contributed by atoms with Crippen LogP contribution >= 0.6 is 11.3 Å². The van der Waals surface area contributed by atoms with E-state index in [2.05, 4.69) is 50.4 Å². The van der Waals surface area contributed by atoms with E-state index in [1.165, 1.54) is 21.7 Å². The molecule has 1 aromatic carbocycles. The van der Waals surface area contributed by atoms with Gasteiger partial charge in [0.05, 0.1) is 5.69 Å². The first-order valence-electron chi connectivity index (χ1n) is 6.45. The number of anilines is 1. The Morgan fingerprint density at radius 1 is 1.33 bits per heavy atom. The van der Waals surface area contributed by atoms with Gasteiger partial charge in [0, 0.05) is 17.0 Å². The van der Waals surface area contributed by atoms with Crippen LogP contribution < -0.4 is 5.32 Å². The van der Waals surface area contributed by atoms with Crippen molar-refractivity contribution in [2.24, 2.45) is 0 Å². The Hall–Kier alpha value is -1.35. The molecule has 0 radical (unpaired) electrons. The molecule has 1 aliphatic rings. The molecule has 0 aliphatic heterocycles. The molecule has 2 nitrogen and oxygen atoms in total. The summed E-state index contributed by atoms with van der Waals surface area (Å²) in [5, 5.41) is 4.38. The maximum atomic E-state index is 4.75. The van der Waals surface area contributed by atoms with E-state index in [0.717, 1.165) is 18.1 Å². The van der Waals surface area contributed by atoms with Crippen molar-refractivity contribution in [3.8, 4) is 11.3 Å². The molecule has 3 heteroatoms. The summed E-state index contributed by atoms with van der Waals surface area (Å²) in [6.45, 7) is 7.68. The molecule has 1 N–H and O–H groups in total. The van der Waals surface area contributed by atoms with E-state index in [1.807, 2.05) is 0 Å². The monoisotopic (exact) mass is 258 g/mol. The second-order valence-electron chi connectivity index (χ2n) is 5.43. The topological polar surface area (TPSA) is 24.9 Å². The van der Waals surface area contributed by atoms with E-state index in [-0.39, 0.29) is 5.41 Å². The summed E-state index contributed by atoms with van der Waals surface area (Å²) in [6, 6.07) is 8.68. The first kappa shape index (κ1) is 11.7. The highest BCUT2D eigenvalue weighted by atomic mass is 32.1. The Labute approximate surface area is 112 Å². The average Bonchev–Trinajstić information content (AvgIpc) is 2.72. The smallest absolute Gasteiger partial charge is 0.183 e. The lowest BCUT2D eigenvalue weighted by atomic mass is 9.74. The molecular weight excluding hydrogens is 240 g/mol. The quantitative estimate of drug-likeness (QED) is 0.878.